The number of amides is 3. The number of imide groups is 1. The molecule has 0 aliphatic carbocycles. The summed E-state index contributed by atoms with van der Waals surface area (Å²) in [5, 5.41) is 2.46. The summed E-state index contributed by atoms with van der Waals surface area (Å²) in [5.74, 6) is -1.05. The summed E-state index contributed by atoms with van der Waals surface area (Å²) >= 11 is 0. The van der Waals surface area contributed by atoms with Gasteiger partial charge in [-0.15, -0.1) is 0 Å². The number of hydrogen-bond donors (Lipinski definition) is 1. The molecule has 6 nitrogen and oxygen atoms in total. The largest absolute Gasteiger partial charge is 0.372 e. The van der Waals surface area contributed by atoms with E-state index in [1.165, 1.54) is 14.2 Å². The van der Waals surface area contributed by atoms with Crippen molar-refractivity contribution in [1.82, 2.24) is 10.2 Å². The van der Waals surface area contributed by atoms with Crippen molar-refractivity contribution in [3.05, 3.63) is 0 Å². The average molecular weight is 214 g/mol. The van der Waals surface area contributed by atoms with Crippen LogP contribution in [0.1, 0.15) is 13.3 Å². The van der Waals surface area contributed by atoms with Gasteiger partial charge in [0.2, 0.25) is 11.8 Å². The molecule has 2 unspecified atom stereocenters. The van der Waals surface area contributed by atoms with Crippen LogP contribution in [-0.4, -0.2) is 48.9 Å². The fourth-order valence-electron chi connectivity index (χ4n) is 1.26. The first-order chi connectivity index (χ1) is 6.97. The van der Waals surface area contributed by atoms with E-state index in [4.69, 9.17) is 4.74 Å². The highest BCUT2D eigenvalue weighted by Crippen LogP contribution is 2.10. The molecule has 1 heterocycles. The number of carbonyl (C=O) groups excluding carboxylic acids is 3. The van der Waals surface area contributed by atoms with E-state index in [-0.39, 0.29) is 24.1 Å². The van der Waals surface area contributed by atoms with Crippen LogP contribution in [0.5, 0.6) is 0 Å². The van der Waals surface area contributed by atoms with Crippen LogP contribution in [0.3, 0.4) is 0 Å². The molecule has 0 aromatic rings. The van der Waals surface area contributed by atoms with Crippen LogP contribution in [0.4, 0.5) is 0 Å². The summed E-state index contributed by atoms with van der Waals surface area (Å²) < 4.78 is 4.79. The summed E-state index contributed by atoms with van der Waals surface area (Å²) in [4.78, 5) is 34.9. The van der Waals surface area contributed by atoms with Crippen LogP contribution in [0, 0.1) is 0 Å². The predicted molar refractivity (Wildman–Crippen MR) is 50.8 cm³/mol. The normalized spacial score (nSPS) is 23.1. The fraction of sp³-hybridized carbons (Fsp3) is 0.667. The number of nitrogens with zero attached hydrogens (tertiary/aromatic N) is 1. The van der Waals surface area contributed by atoms with Crippen LogP contribution >= 0.6 is 0 Å². The van der Waals surface area contributed by atoms with Gasteiger partial charge in [0.1, 0.15) is 12.1 Å². The molecule has 1 aliphatic heterocycles. The Kier molecular flexibility index (Phi) is 3.41. The maximum absolute atomic E-state index is 11.4. The minimum atomic E-state index is -0.743. The highest BCUT2D eigenvalue weighted by atomic mass is 16.5. The van der Waals surface area contributed by atoms with Gasteiger partial charge in [0.25, 0.3) is 5.91 Å². The Labute approximate surface area is 87.6 Å². The third-order valence-electron chi connectivity index (χ3n) is 2.42. The van der Waals surface area contributed by atoms with Crippen LogP contribution in [0.25, 0.3) is 0 Å². The zero-order valence-electron chi connectivity index (χ0n) is 8.94. The SMILES string of the molecule is COC(C)C(=O)NC1CC(=O)N(C)C1=O. The minimum absolute atomic E-state index is 0.0253. The number of methoxy groups -OCH3 is 1. The second-order valence-corrected chi connectivity index (χ2v) is 3.43. The van der Waals surface area contributed by atoms with Gasteiger partial charge in [0.15, 0.2) is 0 Å². The first-order valence-corrected chi connectivity index (χ1v) is 4.61. The Morgan fingerprint density at radius 3 is 2.60 bits per heavy atom. The second-order valence-electron chi connectivity index (χ2n) is 3.43. The zero-order valence-corrected chi connectivity index (χ0v) is 8.94. The highest BCUT2D eigenvalue weighted by Gasteiger charge is 2.37. The van der Waals surface area contributed by atoms with E-state index in [0.29, 0.717) is 0 Å². The van der Waals surface area contributed by atoms with Crippen molar-refractivity contribution in [2.45, 2.75) is 25.5 Å². The fourth-order valence-corrected chi connectivity index (χ4v) is 1.26. The molecule has 0 bridgehead atoms. The standard InChI is InChI=1S/C9H14N2O4/c1-5(15-3)8(13)10-6-4-7(12)11(2)9(6)14/h5-6H,4H2,1-3H3,(H,10,13). The van der Waals surface area contributed by atoms with E-state index in [1.807, 2.05) is 0 Å². The number of likely N-dealkylation sites (N-methyl/N-ethyl adjacent to an activating group) is 1. The van der Waals surface area contributed by atoms with Crippen molar-refractivity contribution in [3.8, 4) is 0 Å². The van der Waals surface area contributed by atoms with E-state index in [9.17, 15) is 14.4 Å². The predicted octanol–water partition coefficient (Wildman–Crippen LogP) is -1.11. The van der Waals surface area contributed by atoms with Crippen molar-refractivity contribution in [1.29, 1.82) is 0 Å². The van der Waals surface area contributed by atoms with Crippen LogP contribution in [0.15, 0.2) is 0 Å². The Hall–Kier alpha value is -1.43. The van der Waals surface area contributed by atoms with Gasteiger partial charge in [0.05, 0.1) is 6.42 Å². The van der Waals surface area contributed by atoms with Gasteiger partial charge in [-0.05, 0) is 6.92 Å². The molecule has 1 saturated heterocycles. The second kappa shape index (κ2) is 4.39. The van der Waals surface area contributed by atoms with Gasteiger partial charge in [-0.1, -0.05) is 0 Å². The van der Waals surface area contributed by atoms with Crippen molar-refractivity contribution in [2.24, 2.45) is 0 Å². The molecule has 84 valence electrons. The number of ether oxygens (including phenoxy) is 1. The van der Waals surface area contributed by atoms with Crippen LogP contribution < -0.4 is 5.32 Å². The number of carbonyl (C=O) groups is 3. The molecule has 0 aromatic heterocycles. The molecule has 1 aliphatic rings. The molecule has 1 rings (SSSR count). The third-order valence-corrected chi connectivity index (χ3v) is 2.42. The molecule has 15 heavy (non-hydrogen) atoms. The summed E-state index contributed by atoms with van der Waals surface area (Å²) in [6.45, 7) is 1.57. The van der Waals surface area contributed by atoms with Gasteiger partial charge < -0.3 is 10.1 Å². The lowest BCUT2D eigenvalue weighted by Gasteiger charge is -2.14. The lowest BCUT2D eigenvalue weighted by atomic mass is 10.2. The average Bonchev–Trinajstić information content (AvgIpc) is 2.45. The summed E-state index contributed by atoms with van der Waals surface area (Å²) in [6, 6.07) is -0.743. The van der Waals surface area contributed by atoms with E-state index >= 15 is 0 Å². The molecule has 6 heteroatoms. The Bertz CT molecular complexity index is 302. The molecule has 1 fully saturated rings. The maximum atomic E-state index is 11.4. The molecule has 0 radical (unpaired) electrons. The molecule has 0 saturated carbocycles. The summed E-state index contributed by atoms with van der Waals surface area (Å²) in [7, 11) is 2.80. The lowest BCUT2D eigenvalue weighted by Crippen LogP contribution is -2.44. The van der Waals surface area contributed by atoms with Gasteiger partial charge in [-0.25, -0.2) is 0 Å². The number of hydrogen-bond acceptors (Lipinski definition) is 4. The molecular formula is C9H14N2O4. The molecule has 1 N–H and O–H groups in total. The first kappa shape index (κ1) is 11.6. The van der Waals surface area contributed by atoms with Gasteiger partial charge in [-0.2, -0.15) is 0 Å². The van der Waals surface area contributed by atoms with Crippen molar-refractivity contribution >= 4 is 17.7 Å². The van der Waals surface area contributed by atoms with Crippen molar-refractivity contribution < 1.29 is 19.1 Å². The molecule has 0 spiro atoms. The quantitative estimate of drug-likeness (QED) is 0.605. The van der Waals surface area contributed by atoms with Crippen LogP contribution in [-0.2, 0) is 19.1 Å². The van der Waals surface area contributed by atoms with E-state index in [2.05, 4.69) is 5.32 Å². The Morgan fingerprint density at radius 1 is 1.60 bits per heavy atom. The topological polar surface area (TPSA) is 75.7 Å². The zero-order chi connectivity index (χ0) is 11.6. The maximum Gasteiger partial charge on any atom is 0.252 e. The highest BCUT2D eigenvalue weighted by molar-refractivity contribution is 6.06. The Balaban J connectivity index is 2.57. The van der Waals surface area contributed by atoms with E-state index in [1.54, 1.807) is 6.92 Å². The van der Waals surface area contributed by atoms with E-state index in [0.717, 1.165) is 4.90 Å². The molecule has 3 amide bonds. The van der Waals surface area contributed by atoms with Gasteiger partial charge >= 0.3 is 0 Å². The molecule has 0 aromatic carbocycles. The first-order valence-electron chi connectivity index (χ1n) is 4.61. The molecule has 2 atom stereocenters. The Morgan fingerprint density at radius 2 is 2.20 bits per heavy atom. The van der Waals surface area contributed by atoms with Gasteiger partial charge in [0, 0.05) is 14.2 Å². The monoisotopic (exact) mass is 214 g/mol. The van der Waals surface area contributed by atoms with Crippen molar-refractivity contribution in [2.75, 3.05) is 14.2 Å². The molecular weight excluding hydrogens is 200 g/mol. The summed E-state index contributed by atoms with van der Waals surface area (Å²) in [6.07, 6.45) is -0.601. The number of rotatable bonds is 3. The number of nitrogens with one attached hydrogen (secondary N) is 1. The van der Waals surface area contributed by atoms with E-state index < -0.39 is 12.1 Å². The minimum Gasteiger partial charge on any atom is -0.372 e. The smallest absolute Gasteiger partial charge is 0.252 e. The lowest BCUT2D eigenvalue weighted by molar-refractivity contribution is -0.139. The van der Waals surface area contributed by atoms with Crippen molar-refractivity contribution in [3.63, 3.8) is 0 Å². The van der Waals surface area contributed by atoms with Crippen LogP contribution in [0.2, 0.25) is 0 Å². The third kappa shape index (κ3) is 2.33. The summed E-state index contributed by atoms with van der Waals surface area (Å²) in [5.41, 5.74) is 0. The number of likely N-dealkylation sites (tertiary alicyclic amines) is 1. The van der Waals surface area contributed by atoms with Gasteiger partial charge in [-0.3, -0.25) is 19.3 Å².